The van der Waals surface area contributed by atoms with Crippen molar-refractivity contribution < 1.29 is 9.47 Å². The van der Waals surface area contributed by atoms with E-state index < -0.39 is 0 Å². The Morgan fingerprint density at radius 3 is 1.62 bits per heavy atom. The molecule has 0 atom stereocenters. The molecule has 1 N–H and O–H groups in total. The molecular formula is C10H21NO2. The Morgan fingerprint density at radius 2 is 1.38 bits per heavy atom. The van der Waals surface area contributed by atoms with Crippen LogP contribution in [0.5, 0.6) is 0 Å². The quantitative estimate of drug-likeness (QED) is 0.614. The third-order valence-electron chi connectivity index (χ3n) is 2.37. The summed E-state index contributed by atoms with van der Waals surface area (Å²) in [7, 11) is 0. The SMILES string of the molecule is C1COCCO1.CC1CCNCC1. The van der Waals surface area contributed by atoms with E-state index in [1.807, 2.05) is 0 Å². The molecule has 0 radical (unpaired) electrons. The Kier molecular flexibility index (Phi) is 6.15. The van der Waals surface area contributed by atoms with E-state index >= 15 is 0 Å². The number of hydrogen-bond donors (Lipinski definition) is 1. The molecule has 0 aliphatic carbocycles. The second-order valence-corrected chi connectivity index (χ2v) is 3.66. The molecule has 2 heterocycles. The predicted molar refractivity (Wildman–Crippen MR) is 52.9 cm³/mol. The number of ether oxygens (including phenoxy) is 2. The maximum Gasteiger partial charge on any atom is 0.0701 e. The molecule has 0 bridgehead atoms. The Hall–Kier alpha value is -0.120. The van der Waals surface area contributed by atoms with Crippen LogP contribution in [-0.2, 0) is 9.47 Å². The van der Waals surface area contributed by atoms with Crippen molar-refractivity contribution in [1.82, 2.24) is 5.32 Å². The zero-order valence-corrected chi connectivity index (χ0v) is 8.55. The molecule has 3 nitrogen and oxygen atoms in total. The van der Waals surface area contributed by atoms with Gasteiger partial charge in [0.05, 0.1) is 26.4 Å². The van der Waals surface area contributed by atoms with Crippen LogP contribution in [0.2, 0.25) is 0 Å². The third-order valence-corrected chi connectivity index (χ3v) is 2.37. The number of piperidine rings is 1. The van der Waals surface area contributed by atoms with Crippen molar-refractivity contribution in [3.63, 3.8) is 0 Å². The molecule has 3 heteroatoms. The smallest absolute Gasteiger partial charge is 0.0701 e. The van der Waals surface area contributed by atoms with Crippen LogP contribution >= 0.6 is 0 Å². The lowest BCUT2D eigenvalue weighted by Crippen LogP contribution is -2.26. The van der Waals surface area contributed by atoms with E-state index in [2.05, 4.69) is 12.2 Å². The largest absolute Gasteiger partial charge is 0.377 e. The van der Waals surface area contributed by atoms with Gasteiger partial charge in [0.1, 0.15) is 0 Å². The lowest BCUT2D eigenvalue weighted by atomic mass is 10.0. The molecule has 0 amide bonds. The lowest BCUT2D eigenvalue weighted by Gasteiger charge is -2.17. The minimum atomic E-state index is 0.778. The minimum Gasteiger partial charge on any atom is -0.377 e. The molecule has 2 aliphatic rings. The van der Waals surface area contributed by atoms with E-state index in [-0.39, 0.29) is 0 Å². The molecular weight excluding hydrogens is 166 g/mol. The average molecular weight is 187 g/mol. The summed E-state index contributed by atoms with van der Waals surface area (Å²) in [5.41, 5.74) is 0. The van der Waals surface area contributed by atoms with E-state index in [9.17, 15) is 0 Å². The molecule has 0 aromatic heterocycles. The van der Waals surface area contributed by atoms with E-state index in [0.29, 0.717) is 0 Å². The second kappa shape index (κ2) is 7.30. The summed E-state index contributed by atoms with van der Waals surface area (Å²) in [5.74, 6) is 0.973. The van der Waals surface area contributed by atoms with Crippen molar-refractivity contribution >= 4 is 0 Å². The van der Waals surface area contributed by atoms with Gasteiger partial charge < -0.3 is 14.8 Å². The summed E-state index contributed by atoms with van der Waals surface area (Å²) >= 11 is 0. The van der Waals surface area contributed by atoms with Crippen molar-refractivity contribution in [2.75, 3.05) is 39.5 Å². The van der Waals surface area contributed by atoms with Gasteiger partial charge in [-0.1, -0.05) is 6.92 Å². The monoisotopic (exact) mass is 187 g/mol. The highest BCUT2D eigenvalue weighted by Crippen LogP contribution is 2.08. The molecule has 13 heavy (non-hydrogen) atoms. The number of rotatable bonds is 0. The van der Waals surface area contributed by atoms with Crippen molar-refractivity contribution in [2.45, 2.75) is 19.8 Å². The summed E-state index contributed by atoms with van der Waals surface area (Å²) in [5, 5.41) is 3.32. The highest BCUT2D eigenvalue weighted by molar-refractivity contribution is 4.62. The van der Waals surface area contributed by atoms with Gasteiger partial charge in [0.15, 0.2) is 0 Å². The summed E-state index contributed by atoms with van der Waals surface area (Å²) in [6.45, 7) is 7.91. The highest BCUT2D eigenvalue weighted by Gasteiger charge is 2.05. The van der Waals surface area contributed by atoms with Crippen LogP contribution < -0.4 is 5.32 Å². The first kappa shape index (κ1) is 11.0. The van der Waals surface area contributed by atoms with Gasteiger partial charge in [-0.05, 0) is 31.8 Å². The lowest BCUT2D eigenvalue weighted by molar-refractivity contribution is -0.0334. The first-order chi connectivity index (χ1) is 6.39. The van der Waals surface area contributed by atoms with Gasteiger partial charge in [0, 0.05) is 0 Å². The zero-order chi connectivity index (χ0) is 9.36. The fraction of sp³-hybridized carbons (Fsp3) is 1.00. The second-order valence-electron chi connectivity index (χ2n) is 3.66. The fourth-order valence-electron chi connectivity index (χ4n) is 1.41. The van der Waals surface area contributed by atoms with Crippen LogP contribution in [0, 0.1) is 5.92 Å². The first-order valence-electron chi connectivity index (χ1n) is 5.26. The molecule has 0 spiro atoms. The topological polar surface area (TPSA) is 30.5 Å². The molecule has 0 aromatic rings. The summed E-state index contributed by atoms with van der Waals surface area (Å²) in [6.07, 6.45) is 2.75. The molecule has 0 unspecified atom stereocenters. The van der Waals surface area contributed by atoms with Crippen molar-refractivity contribution in [2.24, 2.45) is 5.92 Å². The maximum absolute atomic E-state index is 4.94. The van der Waals surface area contributed by atoms with Crippen LogP contribution in [-0.4, -0.2) is 39.5 Å². The Bertz CT molecular complexity index is 98.0. The summed E-state index contributed by atoms with van der Waals surface area (Å²) in [6, 6.07) is 0. The van der Waals surface area contributed by atoms with Gasteiger partial charge in [-0.3, -0.25) is 0 Å². The third kappa shape index (κ3) is 6.02. The zero-order valence-electron chi connectivity index (χ0n) is 8.55. The van der Waals surface area contributed by atoms with E-state index in [0.717, 1.165) is 32.3 Å². The van der Waals surface area contributed by atoms with Gasteiger partial charge >= 0.3 is 0 Å². The average Bonchev–Trinajstić information content (AvgIpc) is 2.22. The normalized spacial score (nSPS) is 24.7. The van der Waals surface area contributed by atoms with Gasteiger partial charge in [0.2, 0.25) is 0 Å². The van der Waals surface area contributed by atoms with Gasteiger partial charge in [-0.2, -0.15) is 0 Å². The molecule has 2 aliphatic heterocycles. The maximum atomic E-state index is 4.94. The van der Waals surface area contributed by atoms with Crippen LogP contribution in [0.4, 0.5) is 0 Å². The van der Waals surface area contributed by atoms with Crippen LogP contribution in [0.1, 0.15) is 19.8 Å². The van der Waals surface area contributed by atoms with Gasteiger partial charge in [0.25, 0.3) is 0 Å². The predicted octanol–water partition coefficient (Wildman–Crippen LogP) is 1.04. The molecule has 2 saturated heterocycles. The Balaban J connectivity index is 0.000000132. The summed E-state index contributed by atoms with van der Waals surface area (Å²) in [4.78, 5) is 0. The molecule has 2 rings (SSSR count). The Morgan fingerprint density at radius 1 is 0.923 bits per heavy atom. The van der Waals surface area contributed by atoms with Crippen LogP contribution in [0.3, 0.4) is 0 Å². The van der Waals surface area contributed by atoms with Crippen molar-refractivity contribution in [3.8, 4) is 0 Å². The summed E-state index contributed by atoms with van der Waals surface area (Å²) < 4.78 is 9.89. The van der Waals surface area contributed by atoms with Crippen molar-refractivity contribution in [3.05, 3.63) is 0 Å². The van der Waals surface area contributed by atoms with Gasteiger partial charge in [-0.25, -0.2) is 0 Å². The van der Waals surface area contributed by atoms with Crippen LogP contribution in [0.25, 0.3) is 0 Å². The number of nitrogens with one attached hydrogen (secondary N) is 1. The fourth-order valence-corrected chi connectivity index (χ4v) is 1.41. The molecule has 78 valence electrons. The standard InChI is InChI=1S/C6H13N.C4H8O2/c1-6-2-4-7-5-3-6;1-2-6-4-3-5-1/h6-7H,2-5H2,1H3;1-4H2. The minimum absolute atomic E-state index is 0.778. The molecule has 0 saturated carbocycles. The highest BCUT2D eigenvalue weighted by atomic mass is 16.6. The first-order valence-corrected chi connectivity index (χ1v) is 5.26. The van der Waals surface area contributed by atoms with E-state index in [1.165, 1.54) is 25.9 Å². The Labute approximate surface area is 80.8 Å². The molecule has 2 fully saturated rings. The van der Waals surface area contributed by atoms with Crippen molar-refractivity contribution in [1.29, 1.82) is 0 Å². The molecule has 0 aromatic carbocycles. The number of hydrogen-bond acceptors (Lipinski definition) is 3. The van der Waals surface area contributed by atoms with Gasteiger partial charge in [-0.15, -0.1) is 0 Å². The van der Waals surface area contributed by atoms with E-state index in [4.69, 9.17) is 9.47 Å². The van der Waals surface area contributed by atoms with Crippen LogP contribution in [0.15, 0.2) is 0 Å². The van der Waals surface area contributed by atoms with E-state index in [1.54, 1.807) is 0 Å².